The predicted octanol–water partition coefficient (Wildman–Crippen LogP) is 4.02. The highest BCUT2D eigenvalue weighted by molar-refractivity contribution is 6.53. The van der Waals surface area contributed by atoms with Crippen molar-refractivity contribution >= 4 is 28.8 Å². The minimum atomic E-state index is -0.640. The molecule has 186 valence electrons. The lowest BCUT2D eigenvalue weighted by Crippen LogP contribution is -2.39. The van der Waals surface area contributed by atoms with E-state index in [1.807, 2.05) is 52.0 Å². The SMILES string of the molecule is CCc1[nH]n(-c2ccc(C)cc2C)c(=O)c1C1=C([n+]2cccc(C)c2)C(=O)N(c2ccc(F)cc2)C1=O. The number of hydrogen-bond donors (Lipinski definition) is 1. The molecule has 0 saturated heterocycles. The van der Waals surface area contributed by atoms with Gasteiger partial charge in [0.25, 0.3) is 17.2 Å². The predicted molar refractivity (Wildman–Crippen MR) is 139 cm³/mol. The van der Waals surface area contributed by atoms with Crippen LogP contribution in [-0.4, -0.2) is 21.6 Å². The van der Waals surface area contributed by atoms with E-state index in [1.54, 1.807) is 23.0 Å². The number of imide groups is 1. The van der Waals surface area contributed by atoms with E-state index in [-0.39, 0.29) is 22.5 Å². The van der Waals surface area contributed by atoms with Crippen molar-refractivity contribution < 1.29 is 18.5 Å². The largest absolute Gasteiger partial charge is 0.331 e. The summed E-state index contributed by atoms with van der Waals surface area (Å²) in [4.78, 5) is 42.6. The normalized spacial score (nSPS) is 13.7. The van der Waals surface area contributed by atoms with Crippen LogP contribution in [-0.2, 0) is 16.0 Å². The van der Waals surface area contributed by atoms with Crippen LogP contribution in [0.1, 0.15) is 34.9 Å². The number of carbonyl (C=O) groups excluding carboxylic acids is 2. The van der Waals surface area contributed by atoms with E-state index < -0.39 is 23.2 Å². The van der Waals surface area contributed by atoms with Crippen LogP contribution in [0.25, 0.3) is 17.0 Å². The van der Waals surface area contributed by atoms with E-state index in [0.717, 1.165) is 21.6 Å². The average Bonchev–Trinajstić information content (AvgIpc) is 3.31. The first-order valence-corrected chi connectivity index (χ1v) is 12.0. The van der Waals surface area contributed by atoms with Gasteiger partial charge in [-0.1, -0.05) is 24.6 Å². The Morgan fingerprint density at radius 2 is 1.65 bits per heavy atom. The summed E-state index contributed by atoms with van der Waals surface area (Å²) in [5.74, 6) is -1.72. The van der Waals surface area contributed by atoms with E-state index in [2.05, 4.69) is 5.10 Å². The monoisotopic (exact) mass is 497 g/mol. The molecule has 4 aromatic rings. The molecule has 1 N–H and O–H groups in total. The molecule has 0 radical (unpaired) electrons. The van der Waals surface area contributed by atoms with Gasteiger partial charge in [-0.3, -0.25) is 19.5 Å². The Kier molecular flexibility index (Phi) is 5.95. The highest BCUT2D eigenvalue weighted by Gasteiger charge is 2.48. The van der Waals surface area contributed by atoms with Crippen LogP contribution in [0.15, 0.2) is 71.8 Å². The molecular formula is C29H26FN4O3+. The van der Waals surface area contributed by atoms with Crippen LogP contribution in [0.3, 0.4) is 0 Å². The first kappa shape index (κ1) is 24.1. The van der Waals surface area contributed by atoms with E-state index in [0.29, 0.717) is 17.8 Å². The molecule has 2 amide bonds. The molecule has 7 nitrogen and oxygen atoms in total. The van der Waals surface area contributed by atoms with Gasteiger partial charge in [0.2, 0.25) is 0 Å². The van der Waals surface area contributed by atoms with E-state index in [1.165, 1.54) is 28.9 Å². The maximum atomic E-state index is 13.9. The minimum absolute atomic E-state index is 0.00606. The number of nitrogens with zero attached hydrogens (tertiary/aromatic N) is 3. The number of nitrogens with one attached hydrogen (secondary N) is 1. The molecule has 0 spiro atoms. The number of aryl methyl sites for hydroxylation is 4. The number of anilines is 1. The minimum Gasteiger partial charge on any atom is -0.294 e. The maximum Gasteiger partial charge on any atom is 0.331 e. The maximum absolute atomic E-state index is 13.9. The van der Waals surface area contributed by atoms with Gasteiger partial charge < -0.3 is 0 Å². The Hall–Kier alpha value is -4.59. The molecule has 1 aliphatic heterocycles. The Morgan fingerprint density at radius 3 is 2.30 bits per heavy atom. The lowest BCUT2D eigenvalue weighted by molar-refractivity contribution is -0.577. The molecular weight excluding hydrogens is 471 g/mol. The Balaban J connectivity index is 1.79. The summed E-state index contributed by atoms with van der Waals surface area (Å²) in [6, 6.07) is 14.5. The van der Waals surface area contributed by atoms with E-state index in [9.17, 15) is 18.8 Å². The molecule has 0 bridgehead atoms. The summed E-state index contributed by atoms with van der Waals surface area (Å²) in [5, 5.41) is 3.16. The molecule has 0 unspecified atom stereocenters. The zero-order valence-corrected chi connectivity index (χ0v) is 21.0. The second-order valence-corrected chi connectivity index (χ2v) is 9.18. The van der Waals surface area contributed by atoms with Crippen LogP contribution in [0.5, 0.6) is 0 Å². The van der Waals surface area contributed by atoms with Crippen LogP contribution in [0, 0.1) is 26.6 Å². The second-order valence-electron chi connectivity index (χ2n) is 9.18. The number of hydrogen-bond acceptors (Lipinski definition) is 3. The van der Waals surface area contributed by atoms with Gasteiger partial charge >= 0.3 is 5.91 Å². The van der Waals surface area contributed by atoms with Crippen molar-refractivity contribution in [1.82, 2.24) is 9.78 Å². The first-order valence-electron chi connectivity index (χ1n) is 12.0. The van der Waals surface area contributed by atoms with Crippen molar-refractivity contribution in [3.05, 3.63) is 111 Å². The third kappa shape index (κ3) is 4.00. The van der Waals surface area contributed by atoms with Crippen molar-refractivity contribution in [2.75, 3.05) is 4.90 Å². The quantitative estimate of drug-likeness (QED) is 0.334. The van der Waals surface area contributed by atoms with Crippen molar-refractivity contribution in [3.63, 3.8) is 0 Å². The van der Waals surface area contributed by atoms with Crippen LogP contribution in [0.2, 0.25) is 0 Å². The molecule has 5 rings (SSSR count). The summed E-state index contributed by atoms with van der Waals surface area (Å²) in [5.41, 5.74) is 4.03. The van der Waals surface area contributed by atoms with Crippen molar-refractivity contribution in [2.24, 2.45) is 0 Å². The van der Waals surface area contributed by atoms with Crippen molar-refractivity contribution in [3.8, 4) is 5.69 Å². The molecule has 2 aromatic carbocycles. The van der Waals surface area contributed by atoms with Gasteiger partial charge in [-0.25, -0.2) is 14.0 Å². The Labute approximate surface area is 213 Å². The lowest BCUT2D eigenvalue weighted by Gasteiger charge is -2.13. The van der Waals surface area contributed by atoms with Crippen molar-refractivity contribution in [1.29, 1.82) is 0 Å². The molecule has 1 aliphatic rings. The van der Waals surface area contributed by atoms with E-state index >= 15 is 0 Å². The highest BCUT2D eigenvalue weighted by Crippen LogP contribution is 2.33. The molecule has 0 aliphatic carbocycles. The Bertz CT molecular complexity index is 1660. The fourth-order valence-corrected chi connectivity index (χ4v) is 4.76. The summed E-state index contributed by atoms with van der Waals surface area (Å²) < 4.78 is 16.6. The highest BCUT2D eigenvalue weighted by atomic mass is 19.1. The second kappa shape index (κ2) is 9.13. The standard InChI is InChI=1S/C29H25FN4O3/c1-5-22-24(28(36)34(31-22)23-13-8-17(2)15-19(23)4)25-26(32-14-6-7-18(3)16-32)29(37)33(27(25)35)21-11-9-20(30)10-12-21/h6-16H,5H2,1-4H3/p+1. The number of pyridine rings is 1. The van der Waals surface area contributed by atoms with Gasteiger partial charge in [-0.05, 0) is 69.2 Å². The summed E-state index contributed by atoms with van der Waals surface area (Å²) in [6.07, 6.45) is 3.83. The van der Waals surface area contributed by atoms with Gasteiger partial charge in [0.1, 0.15) is 11.4 Å². The number of halogens is 1. The summed E-state index contributed by atoms with van der Waals surface area (Å²) in [6.45, 7) is 7.63. The van der Waals surface area contributed by atoms with Crippen molar-refractivity contribution in [2.45, 2.75) is 34.1 Å². The number of H-pyrrole nitrogens is 1. The van der Waals surface area contributed by atoms with Crippen LogP contribution >= 0.6 is 0 Å². The smallest absolute Gasteiger partial charge is 0.294 e. The van der Waals surface area contributed by atoms with Crippen LogP contribution < -0.4 is 15.0 Å². The molecule has 37 heavy (non-hydrogen) atoms. The number of aromatic amines is 1. The third-order valence-electron chi connectivity index (χ3n) is 6.51. The lowest BCUT2D eigenvalue weighted by atomic mass is 10.0. The molecule has 0 atom stereocenters. The topological polar surface area (TPSA) is 79.1 Å². The molecule has 0 saturated carbocycles. The summed E-state index contributed by atoms with van der Waals surface area (Å²) >= 11 is 0. The third-order valence-corrected chi connectivity index (χ3v) is 6.51. The van der Waals surface area contributed by atoms with Gasteiger partial charge in [0, 0.05) is 17.3 Å². The average molecular weight is 498 g/mol. The summed E-state index contributed by atoms with van der Waals surface area (Å²) in [7, 11) is 0. The number of rotatable bonds is 5. The van der Waals surface area contributed by atoms with E-state index in [4.69, 9.17) is 0 Å². The van der Waals surface area contributed by atoms with Gasteiger partial charge in [0.15, 0.2) is 12.4 Å². The zero-order valence-electron chi connectivity index (χ0n) is 21.0. The molecule has 2 aromatic heterocycles. The fraction of sp³-hybridized carbons (Fsp3) is 0.172. The molecule has 3 heterocycles. The number of carbonyl (C=O) groups is 2. The van der Waals surface area contributed by atoms with Gasteiger partial charge in [-0.2, -0.15) is 4.57 Å². The Morgan fingerprint density at radius 1 is 0.919 bits per heavy atom. The zero-order chi connectivity index (χ0) is 26.4. The fourth-order valence-electron chi connectivity index (χ4n) is 4.76. The van der Waals surface area contributed by atoms with Gasteiger partial charge in [-0.15, -0.1) is 0 Å². The number of amides is 2. The number of benzene rings is 2. The first-order chi connectivity index (χ1) is 17.7. The van der Waals surface area contributed by atoms with Gasteiger partial charge in [0.05, 0.1) is 16.9 Å². The molecule has 0 fully saturated rings. The molecule has 8 heteroatoms. The van der Waals surface area contributed by atoms with Crippen LogP contribution in [0.4, 0.5) is 10.1 Å². The number of aromatic nitrogens is 3.